The number of rotatable bonds is 30. The molecule has 0 aromatic rings. The molecule has 0 aromatic heterocycles. The molecule has 306 valence electrons. The number of phosphoric ester groups is 1. The number of ether oxygens (including phenoxy) is 2. The van der Waals surface area contributed by atoms with Gasteiger partial charge in [-0.1, -0.05) is 114 Å². The first-order chi connectivity index (χ1) is 25.4. The van der Waals surface area contributed by atoms with Gasteiger partial charge in [0.05, 0.1) is 6.61 Å². The maximum Gasteiger partial charge on any atom is 0.472 e. The van der Waals surface area contributed by atoms with E-state index in [0.29, 0.717) is 12.8 Å². The fourth-order valence-corrected chi connectivity index (χ4v) is 6.48. The maximum atomic E-state index is 12.7. The van der Waals surface area contributed by atoms with Crippen LogP contribution in [0.5, 0.6) is 0 Å². The van der Waals surface area contributed by atoms with E-state index >= 15 is 0 Å². The van der Waals surface area contributed by atoms with Crippen molar-refractivity contribution in [2.45, 2.75) is 172 Å². The van der Waals surface area contributed by atoms with Crippen molar-refractivity contribution in [3.05, 3.63) is 48.6 Å². The lowest BCUT2D eigenvalue weighted by atomic mass is 9.85. The molecule has 1 rings (SSSR count). The number of aliphatic hydroxyl groups excluding tert-OH is 5. The molecule has 0 bridgehead atoms. The zero-order valence-electron chi connectivity index (χ0n) is 31.8. The van der Waals surface area contributed by atoms with Gasteiger partial charge >= 0.3 is 19.8 Å². The normalized spacial score (nSPS) is 24.0. The minimum atomic E-state index is -5.11. The highest BCUT2D eigenvalue weighted by molar-refractivity contribution is 7.47. The molecule has 6 unspecified atom stereocenters. The Morgan fingerprint density at radius 1 is 0.604 bits per heavy atom. The van der Waals surface area contributed by atoms with E-state index in [1.165, 1.54) is 0 Å². The molecule has 0 aliphatic heterocycles. The van der Waals surface area contributed by atoms with Crippen molar-refractivity contribution in [1.29, 1.82) is 0 Å². The Balaban J connectivity index is 2.45. The molecular weight excluding hydrogens is 707 g/mol. The zero-order valence-corrected chi connectivity index (χ0v) is 32.7. The summed E-state index contributed by atoms with van der Waals surface area (Å²) in [5, 5.41) is 49.8. The van der Waals surface area contributed by atoms with Crippen LogP contribution in [0.2, 0.25) is 0 Å². The molecule has 0 spiro atoms. The molecule has 0 radical (unpaired) electrons. The van der Waals surface area contributed by atoms with Crippen molar-refractivity contribution in [3.8, 4) is 0 Å². The van der Waals surface area contributed by atoms with Gasteiger partial charge < -0.3 is 39.9 Å². The van der Waals surface area contributed by atoms with Crippen LogP contribution in [0, 0.1) is 0 Å². The number of carbonyl (C=O) groups excluding carboxylic acids is 2. The van der Waals surface area contributed by atoms with Gasteiger partial charge in [0.25, 0.3) is 0 Å². The molecule has 14 heteroatoms. The van der Waals surface area contributed by atoms with Crippen LogP contribution in [-0.2, 0) is 32.7 Å². The van der Waals surface area contributed by atoms with Gasteiger partial charge in [0, 0.05) is 12.8 Å². The quantitative estimate of drug-likeness (QED) is 0.0213. The van der Waals surface area contributed by atoms with Crippen LogP contribution in [-0.4, -0.2) is 98.3 Å². The molecule has 53 heavy (non-hydrogen) atoms. The van der Waals surface area contributed by atoms with Gasteiger partial charge in [-0.3, -0.25) is 18.6 Å². The van der Waals surface area contributed by atoms with Crippen LogP contribution in [0.25, 0.3) is 0 Å². The van der Waals surface area contributed by atoms with Gasteiger partial charge in [0.2, 0.25) is 0 Å². The molecule has 1 fully saturated rings. The highest BCUT2D eigenvalue weighted by Gasteiger charge is 2.51. The molecule has 1 aliphatic carbocycles. The molecule has 0 heterocycles. The third-order valence-electron chi connectivity index (χ3n) is 8.68. The summed E-state index contributed by atoms with van der Waals surface area (Å²) in [7, 11) is -5.11. The molecular formula is C39H67O13P. The summed E-state index contributed by atoms with van der Waals surface area (Å²) in [6.45, 7) is 3.02. The number of phosphoric acid groups is 1. The van der Waals surface area contributed by atoms with Crippen molar-refractivity contribution >= 4 is 19.8 Å². The smallest absolute Gasteiger partial charge is 0.462 e. The summed E-state index contributed by atoms with van der Waals surface area (Å²) in [6.07, 6.45) is 19.6. The van der Waals surface area contributed by atoms with E-state index in [9.17, 15) is 44.6 Å². The number of hydrogen-bond donors (Lipinski definition) is 6. The molecule has 6 N–H and O–H groups in total. The van der Waals surface area contributed by atoms with Gasteiger partial charge in [0.15, 0.2) is 6.10 Å². The highest BCUT2D eigenvalue weighted by Crippen LogP contribution is 2.47. The summed E-state index contributed by atoms with van der Waals surface area (Å²) >= 11 is 0. The number of allylic oxidation sites excluding steroid dienone is 8. The van der Waals surface area contributed by atoms with Crippen molar-refractivity contribution in [2.75, 3.05) is 13.2 Å². The van der Waals surface area contributed by atoms with Gasteiger partial charge in [0.1, 0.15) is 43.2 Å². The van der Waals surface area contributed by atoms with Crippen molar-refractivity contribution < 1.29 is 63.1 Å². The third-order valence-corrected chi connectivity index (χ3v) is 9.67. The van der Waals surface area contributed by atoms with Gasteiger partial charge in [-0.2, -0.15) is 0 Å². The number of hydrogen-bond acceptors (Lipinski definition) is 12. The van der Waals surface area contributed by atoms with E-state index < -0.39 is 75.7 Å². The fourth-order valence-electron chi connectivity index (χ4n) is 5.51. The number of aliphatic hydroxyl groups is 5. The van der Waals surface area contributed by atoms with Crippen LogP contribution in [0.15, 0.2) is 48.6 Å². The van der Waals surface area contributed by atoms with Gasteiger partial charge in [-0.25, -0.2) is 4.57 Å². The number of carbonyl (C=O) groups is 2. The predicted molar refractivity (Wildman–Crippen MR) is 203 cm³/mol. The Hall–Kier alpha value is -2.19. The molecule has 6 atom stereocenters. The molecule has 0 amide bonds. The average Bonchev–Trinajstić information content (AvgIpc) is 3.13. The first-order valence-electron chi connectivity index (χ1n) is 19.4. The highest BCUT2D eigenvalue weighted by atomic mass is 31.2. The summed E-state index contributed by atoms with van der Waals surface area (Å²) < 4.78 is 33.1. The maximum absolute atomic E-state index is 12.7. The van der Waals surface area contributed by atoms with E-state index in [1.807, 2.05) is 0 Å². The minimum Gasteiger partial charge on any atom is -0.462 e. The van der Waals surface area contributed by atoms with Gasteiger partial charge in [-0.05, 0) is 51.4 Å². The Kier molecular flexibility index (Phi) is 27.7. The topological polar surface area (TPSA) is 210 Å². The van der Waals surface area contributed by atoms with Crippen molar-refractivity contribution in [3.63, 3.8) is 0 Å². The Morgan fingerprint density at radius 2 is 1.08 bits per heavy atom. The molecule has 0 saturated heterocycles. The molecule has 0 aromatic carbocycles. The second-order valence-corrected chi connectivity index (χ2v) is 14.8. The van der Waals surface area contributed by atoms with E-state index in [2.05, 4.69) is 62.5 Å². The Bertz CT molecular complexity index is 1120. The Morgan fingerprint density at radius 3 is 1.64 bits per heavy atom. The second kappa shape index (κ2) is 30.1. The summed E-state index contributed by atoms with van der Waals surface area (Å²) in [5.41, 5.74) is 0. The second-order valence-electron chi connectivity index (χ2n) is 13.4. The summed E-state index contributed by atoms with van der Waals surface area (Å²) in [6, 6.07) is 0. The largest absolute Gasteiger partial charge is 0.472 e. The number of unbranched alkanes of at least 4 members (excludes halogenated alkanes) is 10. The van der Waals surface area contributed by atoms with Crippen LogP contribution in [0.1, 0.15) is 129 Å². The van der Waals surface area contributed by atoms with Crippen LogP contribution in [0.4, 0.5) is 0 Å². The molecule has 1 aliphatic rings. The van der Waals surface area contributed by atoms with Gasteiger partial charge in [-0.15, -0.1) is 0 Å². The first kappa shape index (κ1) is 48.8. The monoisotopic (exact) mass is 774 g/mol. The van der Waals surface area contributed by atoms with Crippen LogP contribution < -0.4 is 0 Å². The number of esters is 2. The lowest BCUT2D eigenvalue weighted by Crippen LogP contribution is -2.64. The average molecular weight is 775 g/mol. The standard InChI is InChI=1S/C39H67O13P/c1-3-5-7-9-10-11-12-13-14-15-16-17-18-19-20-21-22-24-26-28-33(41)51-31(29-49-32(40)27-25-23-8-6-4-2)30-50-53(47,48)52-39-37(45)35(43)34(42)36(44)38(39)46/h5,7,10-11,13-14,16-17,31,34-39,42-46H,3-4,6,8-9,12,15,18-30H2,1-2H3,(H,47,48)/b7-5-,11-10-,14-13-,17-16-. The van der Waals surface area contributed by atoms with E-state index in [-0.39, 0.29) is 12.8 Å². The summed E-state index contributed by atoms with van der Waals surface area (Å²) in [5.74, 6) is -1.14. The van der Waals surface area contributed by atoms with E-state index in [4.69, 9.17) is 18.5 Å². The Labute approximate surface area is 316 Å². The van der Waals surface area contributed by atoms with Crippen molar-refractivity contribution in [2.24, 2.45) is 0 Å². The lowest BCUT2D eigenvalue weighted by Gasteiger charge is -2.41. The predicted octanol–water partition coefficient (Wildman–Crippen LogP) is 6.05. The molecule has 1 saturated carbocycles. The SMILES string of the molecule is CC/C=C\C/C=C\C/C=C\C/C=C\CCCCCCCCC(=O)OC(COC(=O)CCCCCCC)COP(=O)(O)OC1C(O)C(O)C(O)C(O)C1O. The third kappa shape index (κ3) is 23.4. The first-order valence-corrected chi connectivity index (χ1v) is 20.9. The molecule has 13 nitrogen and oxygen atoms in total. The zero-order chi connectivity index (χ0) is 39.3. The minimum absolute atomic E-state index is 0.0790. The van der Waals surface area contributed by atoms with E-state index in [0.717, 1.165) is 89.9 Å². The lowest BCUT2D eigenvalue weighted by molar-refractivity contribution is -0.220. The summed E-state index contributed by atoms with van der Waals surface area (Å²) in [4.78, 5) is 35.2. The van der Waals surface area contributed by atoms with Crippen molar-refractivity contribution in [1.82, 2.24) is 0 Å². The van der Waals surface area contributed by atoms with Crippen LogP contribution in [0.3, 0.4) is 0 Å². The fraction of sp³-hybridized carbons (Fsp3) is 0.744. The van der Waals surface area contributed by atoms with E-state index in [1.54, 1.807) is 0 Å². The van der Waals surface area contributed by atoms with Crippen LogP contribution >= 0.6 is 7.82 Å².